The SMILES string of the molecule is COC(=O)CC1COc2cc(O[C@@H]3CCc4ccc(C(F)(F)F)cc43)ccc21. The van der Waals surface area contributed by atoms with E-state index in [1.165, 1.54) is 19.2 Å². The number of esters is 1. The van der Waals surface area contributed by atoms with Gasteiger partial charge in [0, 0.05) is 17.5 Å². The van der Waals surface area contributed by atoms with Gasteiger partial charge in [-0.3, -0.25) is 4.79 Å². The Morgan fingerprint density at radius 1 is 1.18 bits per heavy atom. The molecule has 4 rings (SSSR count). The molecule has 0 saturated heterocycles. The molecule has 28 heavy (non-hydrogen) atoms. The first-order valence-electron chi connectivity index (χ1n) is 9.05. The van der Waals surface area contributed by atoms with Gasteiger partial charge in [0.1, 0.15) is 17.6 Å². The van der Waals surface area contributed by atoms with Crippen molar-refractivity contribution >= 4 is 5.97 Å². The third kappa shape index (κ3) is 3.53. The predicted molar refractivity (Wildman–Crippen MR) is 94.4 cm³/mol. The number of methoxy groups -OCH3 is 1. The van der Waals surface area contributed by atoms with E-state index >= 15 is 0 Å². The van der Waals surface area contributed by atoms with Gasteiger partial charge in [-0.05, 0) is 42.2 Å². The van der Waals surface area contributed by atoms with E-state index in [-0.39, 0.29) is 18.3 Å². The number of hydrogen-bond acceptors (Lipinski definition) is 4. The van der Waals surface area contributed by atoms with Gasteiger partial charge < -0.3 is 14.2 Å². The highest BCUT2D eigenvalue weighted by atomic mass is 19.4. The van der Waals surface area contributed by atoms with E-state index < -0.39 is 17.8 Å². The third-order valence-electron chi connectivity index (χ3n) is 5.28. The molecule has 0 N–H and O–H groups in total. The average Bonchev–Trinajstić information content (AvgIpc) is 3.25. The summed E-state index contributed by atoms with van der Waals surface area (Å²) >= 11 is 0. The number of aryl methyl sites for hydroxylation is 1. The lowest BCUT2D eigenvalue weighted by Gasteiger charge is -2.17. The van der Waals surface area contributed by atoms with Crippen molar-refractivity contribution in [3.05, 3.63) is 58.7 Å². The normalized spacial score (nSPS) is 20.3. The van der Waals surface area contributed by atoms with Crippen LogP contribution in [-0.2, 0) is 22.1 Å². The molecule has 2 atom stereocenters. The van der Waals surface area contributed by atoms with Crippen LogP contribution in [0.1, 0.15) is 47.1 Å². The van der Waals surface area contributed by atoms with Crippen LogP contribution in [-0.4, -0.2) is 19.7 Å². The van der Waals surface area contributed by atoms with Gasteiger partial charge in [-0.1, -0.05) is 12.1 Å². The Bertz CT molecular complexity index is 907. The van der Waals surface area contributed by atoms with Crippen LogP contribution >= 0.6 is 0 Å². The highest BCUT2D eigenvalue weighted by Crippen LogP contribution is 2.42. The van der Waals surface area contributed by atoms with Gasteiger partial charge in [0.15, 0.2) is 0 Å². The second-order valence-electron chi connectivity index (χ2n) is 7.04. The number of rotatable bonds is 4. The summed E-state index contributed by atoms with van der Waals surface area (Å²) in [6.45, 7) is 0.384. The zero-order chi connectivity index (χ0) is 19.9. The van der Waals surface area contributed by atoms with Crippen molar-refractivity contribution in [2.75, 3.05) is 13.7 Å². The maximum atomic E-state index is 13.0. The molecule has 1 heterocycles. The maximum absolute atomic E-state index is 13.0. The number of carbonyl (C=O) groups is 1. The summed E-state index contributed by atoms with van der Waals surface area (Å²) in [6.07, 6.45) is -3.26. The molecular weight excluding hydrogens is 373 g/mol. The van der Waals surface area contributed by atoms with Gasteiger partial charge in [-0.15, -0.1) is 0 Å². The van der Waals surface area contributed by atoms with Crippen LogP contribution < -0.4 is 9.47 Å². The molecule has 2 aromatic carbocycles. The zero-order valence-corrected chi connectivity index (χ0v) is 15.2. The Labute approximate surface area is 160 Å². The molecule has 4 nitrogen and oxygen atoms in total. The Kier molecular flexibility index (Phi) is 4.69. The molecule has 7 heteroatoms. The Balaban J connectivity index is 1.52. The van der Waals surface area contributed by atoms with Crippen LogP contribution in [0.5, 0.6) is 11.5 Å². The smallest absolute Gasteiger partial charge is 0.416 e. The van der Waals surface area contributed by atoms with Crippen molar-refractivity contribution in [2.24, 2.45) is 0 Å². The van der Waals surface area contributed by atoms with Crippen LogP contribution in [0, 0.1) is 0 Å². The summed E-state index contributed by atoms with van der Waals surface area (Å²) in [5.74, 6) is 0.796. The highest BCUT2D eigenvalue weighted by Gasteiger charge is 2.34. The Hall–Kier alpha value is -2.70. The number of fused-ring (bicyclic) bond motifs is 2. The van der Waals surface area contributed by atoms with Gasteiger partial charge >= 0.3 is 12.1 Å². The largest absolute Gasteiger partial charge is 0.492 e. The minimum atomic E-state index is -4.38. The fraction of sp³-hybridized carbons (Fsp3) is 0.381. The first-order valence-corrected chi connectivity index (χ1v) is 9.05. The molecule has 2 aromatic rings. The third-order valence-corrected chi connectivity index (χ3v) is 5.28. The summed E-state index contributed by atoms with van der Waals surface area (Å²) in [7, 11) is 1.35. The molecule has 0 amide bonds. The van der Waals surface area contributed by atoms with E-state index in [0.29, 0.717) is 36.5 Å². The van der Waals surface area contributed by atoms with Gasteiger partial charge in [0.05, 0.1) is 25.7 Å². The summed E-state index contributed by atoms with van der Waals surface area (Å²) in [5, 5.41) is 0. The standard InChI is InChI=1S/C21H19F3O4/c1-26-20(25)8-13-11-27-19-10-15(5-6-16(13)19)28-18-7-3-12-2-4-14(9-17(12)18)21(22,23)24/h2,4-6,9-10,13,18H,3,7-8,11H2,1H3/t13?,18-/m1/s1. The molecule has 0 radical (unpaired) electrons. The first kappa shape index (κ1) is 18.7. The summed E-state index contributed by atoms with van der Waals surface area (Å²) in [6, 6.07) is 9.18. The van der Waals surface area contributed by atoms with Crippen molar-refractivity contribution in [1.29, 1.82) is 0 Å². The number of halogens is 3. The van der Waals surface area contributed by atoms with Crippen LogP contribution in [0.3, 0.4) is 0 Å². The molecule has 0 spiro atoms. The van der Waals surface area contributed by atoms with Crippen molar-refractivity contribution in [3.63, 3.8) is 0 Å². The molecular formula is C21H19F3O4. The minimum absolute atomic E-state index is 0.0712. The number of carbonyl (C=O) groups excluding carboxylic acids is 1. The molecule has 0 aromatic heterocycles. The summed E-state index contributed by atoms with van der Waals surface area (Å²) in [4.78, 5) is 11.5. The van der Waals surface area contributed by atoms with Crippen LogP contribution in [0.2, 0.25) is 0 Å². The van der Waals surface area contributed by atoms with Gasteiger partial charge in [-0.2, -0.15) is 13.2 Å². The number of ether oxygens (including phenoxy) is 3. The minimum Gasteiger partial charge on any atom is -0.492 e. The van der Waals surface area contributed by atoms with E-state index in [0.717, 1.165) is 17.2 Å². The molecule has 0 saturated carbocycles. The number of alkyl halides is 3. The molecule has 148 valence electrons. The lowest BCUT2D eigenvalue weighted by Crippen LogP contribution is -2.09. The summed E-state index contributed by atoms with van der Waals surface area (Å²) in [5.41, 5.74) is 1.71. The summed E-state index contributed by atoms with van der Waals surface area (Å²) < 4.78 is 55.4. The fourth-order valence-electron chi connectivity index (χ4n) is 3.81. The second-order valence-corrected chi connectivity index (χ2v) is 7.04. The topological polar surface area (TPSA) is 44.8 Å². The Morgan fingerprint density at radius 3 is 2.75 bits per heavy atom. The van der Waals surface area contributed by atoms with E-state index in [9.17, 15) is 18.0 Å². The van der Waals surface area contributed by atoms with Crippen molar-refractivity contribution in [3.8, 4) is 11.5 Å². The van der Waals surface area contributed by atoms with Crippen molar-refractivity contribution in [1.82, 2.24) is 0 Å². The maximum Gasteiger partial charge on any atom is 0.416 e. The zero-order valence-electron chi connectivity index (χ0n) is 15.2. The van der Waals surface area contributed by atoms with E-state index in [1.807, 2.05) is 6.07 Å². The van der Waals surface area contributed by atoms with Crippen molar-refractivity contribution < 1.29 is 32.2 Å². The second kappa shape index (κ2) is 7.04. The number of benzene rings is 2. The lowest BCUT2D eigenvalue weighted by atomic mass is 9.98. The first-order chi connectivity index (χ1) is 13.3. The number of hydrogen-bond donors (Lipinski definition) is 0. The molecule has 1 unspecified atom stereocenters. The van der Waals surface area contributed by atoms with Gasteiger partial charge in [0.2, 0.25) is 0 Å². The van der Waals surface area contributed by atoms with Crippen molar-refractivity contribution in [2.45, 2.75) is 37.5 Å². The van der Waals surface area contributed by atoms with Crippen LogP contribution in [0.25, 0.3) is 0 Å². The average molecular weight is 392 g/mol. The molecule has 0 fully saturated rings. The van der Waals surface area contributed by atoms with E-state index in [2.05, 4.69) is 0 Å². The predicted octanol–water partition coefficient (Wildman–Crippen LogP) is 4.81. The molecule has 2 aliphatic rings. The molecule has 1 aliphatic heterocycles. The molecule has 0 bridgehead atoms. The Morgan fingerprint density at radius 2 is 2.00 bits per heavy atom. The monoisotopic (exact) mass is 392 g/mol. The highest BCUT2D eigenvalue weighted by molar-refractivity contribution is 5.71. The molecule has 1 aliphatic carbocycles. The van der Waals surface area contributed by atoms with Crippen LogP contribution in [0.15, 0.2) is 36.4 Å². The van der Waals surface area contributed by atoms with E-state index in [4.69, 9.17) is 14.2 Å². The van der Waals surface area contributed by atoms with Gasteiger partial charge in [-0.25, -0.2) is 0 Å². The van der Waals surface area contributed by atoms with E-state index in [1.54, 1.807) is 12.1 Å². The quantitative estimate of drug-likeness (QED) is 0.701. The lowest BCUT2D eigenvalue weighted by molar-refractivity contribution is -0.141. The van der Waals surface area contributed by atoms with Gasteiger partial charge in [0.25, 0.3) is 0 Å². The fourth-order valence-corrected chi connectivity index (χ4v) is 3.81. The van der Waals surface area contributed by atoms with Crippen LogP contribution in [0.4, 0.5) is 13.2 Å².